The number of nitrogens with zero attached hydrogens (tertiary/aromatic N) is 1. The highest BCUT2D eigenvalue weighted by Crippen LogP contribution is 2.28. The van der Waals surface area contributed by atoms with Crippen LogP contribution in [0.5, 0.6) is 0 Å². The smallest absolute Gasteiger partial charge is 0.241 e. The number of carbonyl (C=O) groups excluding carboxylic acids is 1. The first kappa shape index (κ1) is 21.5. The Labute approximate surface area is 170 Å². The summed E-state index contributed by atoms with van der Waals surface area (Å²) in [5.74, 6) is -0.314. The van der Waals surface area contributed by atoms with Crippen molar-refractivity contribution in [3.63, 3.8) is 0 Å². The zero-order valence-electron chi connectivity index (χ0n) is 15.4. The van der Waals surface area contributed by atoms with E-state index in [9.17, 15) is 13.2 Å². The van der Waals surface area contributed by atoms with Gasteiger partial charge in [0.2, 0.25) is 15.9 Å². The second-order valence-electron chi connectivity index (χ2n) is 6.50. The topological polar surface area (TPSA) is 66.5 Å². The molecule has 0 aliphatic carbocycles. The lowest BCUT2D eigenvalue weighted by Crippen LogP contribution is -2.40. The standard InChI is InChI=1S/C19H22Cl2N2O3S/c1-13(2)16-6-4-5-7-18(16)23(27(3,25)26)12-19(24)22-11-14-8-9-15(20)10-17(14)21/h4-10,13H,11-12H2,1-3H3,(H,22,24). The lowest BCUT2D eigenvalue weighted by Gasteiger charge is -2.25. The van der Waals surface area contributed by atoms with Crippen LogP contribution in [0.2, 0.25) is 10.0 Å². The largest absolute Gasteiger partial charge is 0.350 e. The fourth-order valence-corrected chi connectivity index (χ4v) is 3.98. The molecule has 0 aliphatic heterocycles. The van der Waals surface area contributed by atoms with Crippen molar-refractivity contribution in [3.05, 3.63) is 63.6 Å². The molecule has 0 unspecified atom stereocenters. The van der Waals surface area contributed by atoms with Gasteiger partial charge in [0.1, 0.15) is 6.54 Å². The summed E-state index contributed by atoms with van der Waals surface area (Å²) >= 11 is 12.0. The highest BCUT2D eigenvalue weighted by molar-refractivity contribution is 7.92. The maximum absolute atomic E-state index is 12.4. The van der Waals surface area contributed by atoms with Crippen LogP contribution < -0.4 is 9.62 Å². The summed E-state index contributed by atoms with van der Waals surface area (Å²) in [5, 5.41) is 3.65. The van der Waals surface area contributed by atoms with Crippen LogP contribution in [0.3, 0.4) is 0 Å². The molecule has 0 saturated carbocycles. The van der Waals surface area contributed by atoms with E-state index in [4.69, 9.17) is 23.2 Å². The zero-order chi connectivity index (χ0) is 20.2. The van der Waals surface area contributed by atoms with Gasteiger partial charge in [-0.15, -0.1) is 0 Å². The Bertz CT molecular complexity index is 930. The van der Waals surface area contributed by atoms with Crippen LogP contribution in [-0.4, -0.2) is 27.1 Å². The maximum Gasteiger partial charge on any atom is 0.241 e. The lowest BCUT2D eigenvalue weighted by atomic mass is 10.0. The maximum atomic E-state index is 12.4. The Morgan fingerprint density at radius 2 is 1.81 bits per heavy atom. The molecule has 2 aromatic carbocycles. The first-order chi connectivity index (χ1) is 12.6. The summed E-state index contributed by atoms with van der Waals surface area (Å²) in [7, 11) is -3.64. The molecule has 1 N–H and O–H groups in total. The lowest BCUT2D eigenvalue weighted by molar-refractivity contribution is -0.119. The number of hydrogen-bond donors (Lipinski definition) is 1. The number of benzene rings is 2. The minimum absolute atomic E-state index is 0.112. The highest BCUT2D eigenvalue weighted by Gasteiger charge is 2.23. The van der Waals surface area contributed by atoms with Crippen LogP contribution in [0.1, 0.15) is 30.9 Å². The molecule has 2 rings (SSSR count). The number of anilines is 1. The van der Waals surface area contributed by atoms with E-state index in [1.807, 2.05) is 26.0 Å². The number of amides is 1. The van der Waals surface area contributed by atoms with Gasteiger partial charge >= 0.3 is 0 Å². The van der Waals surface area contributed by atoms with E-state index in [2.05, 4.69) is 5.32 Å². The third kappa shape index (κ3) is 5.86. The molecule has 0 heterocycles. The van der Waals surface area contributed by atoms with Crippen LogP contribution in [0.25, 0.3) is 0 Å². The number of halogens is 2. The van der Waals surface area contributed by atoms with Crippen molar-refractivity contribution in [1.29, 1.82) is 0 Å². The first-order valence-corrected chi connectivity index (χ1v) is 11.0. The minimum Gasteiger partial charge on any atom is -0.350 e. The summed E-state index contributed by atoms with van der Waals surface area (Å²) in [6.45, 7) is 3.82. The van der Waals surface area contributed by atoms with E-state index in [0.717, 1.165) is 16.1 Å². The predicted molar refractivity (Wildman–Crippen MR) is 111 cm³/mol. The molecule has 0 bridgehead atoms. The van der Waals surface area contributed by atoms with Gasteiger partial charge in [-0.25, -0.2) is 8.42 Å². The summed E-state index contributed by atoms with van der Waals surface area (Å²) < 4.78 is 25.8. The number of hydrogen-bond acceptors (Lipinski definition) is 3. The summed E-state index contributed by atoms with van der Waals surface area (Å²) in [5.41, 5.74) is 2.06. The number of carbonyl (C=O) groups is 1. The molecule has 27 heavy (non-hydrogen) atoms. The highest BCUT2D eigenvalue weighted by atomic mass is 35.5. The third-order valence-electron chi connectivity index (χ3n) is 4.01. The number of sulfonamides is 1. The fraction of sp³-hybridized carbons (Fsp3) is 0.316. The van der Waals surface area contributed by atoms with Crippen molar-refractivity contribution in [2.24, 2.45) is 0 Å². The van der Waals surface area contributed by atoms with E-state index < -0.39 is 15.9 Å². The van der Waals surface area contributed by atoms with Gasteiger partial charge in [0.25, 0.3) is 0 Å². The molecule has 0 fully saturated rings. The Balaban J connectivity index is 2.19. The summed E-state index contributed by atoms with van der Waals surface area (Å²) in [6.07, 6.45) is 1.09. The van der Waals surface area contributed by atoms with E-state index in [1.165, 1.54) is 0 Å². The number of rotatable bonds is 7. The molecule has 8 heteroatoms. The Kier molecular flexibility index (Phi) is 7.14. The van der Waals surface area contributed by atoms with Crippen molar-refractivity contribution in [1.82, 2.24) is 5.32 Å². The van der Waals surface area contributed by atoms with Crippen molar-refractivity contribution in [2.45, 2.75) is 26.3 Å². The fourth-order valence-electron chi connectivity index (χ4n) is 2.63. The van der Waals surface area contributed by atoms with Gasteiger partial charge < -0.3 is 5.32 Å². The molecule has 0 aliphatic rings. The van der Waals surface area contributed by atoms with E-state index in [0.29, 0.717) is 21.3 Å². The van der Waals surface area contributed by atoms with Crippen LogP contribution in [-0.2, 0) is 21.4 Å². The molecule has 0 spiro atoms. The molecule has 5 nitrogen and oxygen atoms in total. The first-order valence-electron chi connectivity index (χ1n) is 8.37. The molecule has 0 saturated heterocycles. The van der Waals surface area contributed by atoms with E-state index >= 15 is 0 Å². The predicted octanol–water partition coefficient (Wildman–Crippen LogP) is 4.20. The zero-order valence-corrected chi connectivity index (χ0v) is 17.7. The average molecular weight is 429 g/mol. The van der Waals surface area contributed by atoms with Crippen LogP contribution in [0, 0.1) is 0 Å². The molecule has 2 aromatic rings. The molecule has 0 radical (unpaired) electrons. The van der Waals surface area contributed by atoms with Crippen molar-refractivity contribution in [2.75, 3.05) is 17.1 Å². The van der Waals surface area contributed by atoms with Gasteiger partial charge in [-0.1, -0.05) is 61.3 Å². The second kappa shape index (κ2) is 8.95. The summed E-state index contributed by atoms with van der Waals surface area (Å²) in [4.78, 5) is 12.4. The average Bonchev–Trinajstić information content (AvgIpc) is 2.58. The van der Waals surface area contributed by atoms with Gasteiger partial charge in [-0.3, -0.25) is 9.10 Å². The molecular formula is C19H22Cl2N2O3S. The van der Waals surface area contributed by atoms with Gasteiger partial charge in [0.05, 0.1) is 11.9 Å². The minimum atomic E-state index is -3.64. The van der Waals surface area contributed by atoms with Crippen molar-refractivity contribution >= 4 is 44.8 Å². The SMILES string of the molecule is CC(C)c1ccccc1N(CC(=O)NCc1ccc(Cl)cc1Cl)S(C)(=O)=O. The van der Waals surface area contributed by atoms with E-state index in [1.54, 1.807) is 30.3 Å². The molecule has 146 valence electrons. The summed E-state index contributed by atoms with van der Waals surface area (Å²) in [6, 6.07) is 12.2. The monoisotopic (exact) mass is 428 g/mol. The van der Waals surface area contributed by atoms with Gasteiger partial charge in [-0.05, 0) is 35.2 Å². The van der Waals surface area contributed by atoms with Crippen molar-refractivity contribution in [3.8, 4) is 0 Å². The third-order valence-corrected chi connectivity index (χ3v) is 5.72. The second-order valence-corrected chi connectivity index (χ2v) is 9.25. The normalized spacial score (nSPS) is 11.5. The molecule has 0 atom stereocenters. The van der Waals surface area contributed by atoms with Gasteiger partial charge in [-0.2, -0.15) is 0 Å². The van der Waals surface area contributed by atoms with Crippen LogP contribution in [0.15, 0.2) is 42.5 Å². The number of nitrogens with one attached hydrogen (secondary N) is 1. The number of para-hydroxylation sites is 1. The molecular weight excluding hydrogens is 407 g/mol. The quantitative estimate of drug-likeness (QED) is 0.718. The van der Waals surface area contributed by atoms with Crippen molar-refractivity contribution < 1.29 is 13.2 Å². The molecule has 1 amide bonds. The van der Waals surface area contributed by atoms with E-state index in [-0.39, 0.29) is 19.0 Å². The van der Waals surface area contributed by atoms with Crippen LogP contribution in [0.4, 0.5) is 5.69 Å². The Hall–Kier alpha value is -1.76. The Morgan fingerprint density at radius 1 is 1.15 bits per heavy atom. The van der Waals surface area contributed by atoms with Crippen LogP contribution >= 0.6 is 23.2 Å². The Morgan fingerprint density at radius 3 is 2.41 bits per heavy atom. The molecule has 0 aromatic heterocycles. The van der Waals surface area contributed by atoms with Gasteiger partial charge in [0.15, 0.2) is 0 Å². The van der Waals surface area contributed by atoms with Gasteiger partial charge in [0, 0.05) is 16.6 Å².